The number of anilines is 1. The second-order valence-electron chi connectivity index (χ2n) is 6.77. The van der Waals surface area contributed by atoms with Gasteiger partial charge in [-0.15, -0.1) is 0 Å². The molecule has 0 saturated carbocycles. The molecule has 7 heteroatoms. The summed E-state index contributed by atoms with van der Waals surface area (Å²) < 4.78 is 5.35. The second kappa shape index (κ2) is 9.90. The van der Waals surface area contributed by atoms with Gasteiger partial charge in [0.2, 0.25) is 5.91 Å². The average molecular weight is 436 g/mol. The van der Waals surface area contributed by atoms with Crippen LogP contribution in [0, 0.1) is 0 Å². The van der Waals surface area contributed by atoms with Crippen LogP contribution in [-0.2, 0) is 14.3 Å². The smallest absolute Gasteiger partial charge is 0.267 e. The molecule has 1 aromatic carbocycles. The minimum Gasteiger partial charge on any atom is -0.378 e. The molecular formula is C20H26BrN3O3. The van der Waals surface area contributed by atoms with Crippen molar-refractivity contribution in [2.45, 2.75) is 31.7 Å². The van der Waals surface area contributed by atoms with Crippen molar-refractivity contribution in [2.75, 3.05) is 37.0 Å². The molecule has 3 rings (SSSR count). The van der Waals surface area contributed by atoms with E-state index in [1.807, 2.05) is 30.3 Å². The van der Waals surface area contributed by atoms with Crippen LogP contribution in [0.5, 0.6) is 0 Å². The lowest BCUT2D eigenvalue weighted by Crippen LogP contribution is -2.44. The highest BCUT2D eigenvalue weighted by atomic mass is 79.9. The molecule has 2 aliphatic heterocycles. The maximum absolute atomic E-state index is 12.5. The molecule has 1 fully saturated rings. The predicted molar refractivity (Wildman–Crippen MR) is 109 cm³/mol. The van der Waals surface area contributed by atoms with Gasteiger partial charge < -0.3 is 20.3 Å². The SMILES string of the molecule is O=C(CCCCBr)Nc1ccc(C2CC=C(N3CCOCC3)C(=O)N2)cc1. The highest BCUT2D eigenvalue weighted by molar-refractivity contribution is 9.09. The fourth-order valence-electron chi connectivity index (χ4n) is 3.31. The zero-order chi connectivity index (χ0) is 19.1. The predicted octanol–water partition coefficient (Wildman–Crippen LogP) is 2.97. The maximum Gasteiger partial charge on any atom is 0.267 e. The van der Waals surface area contributed by atoms with Crippen LogP contribution in [0.1, 0.15) is 37.3 Å². The molecular weight excluding hydrogens is 410 g/mol. The number of benzene rings is 1. The standard InChI is InChI=1S/C20H26BrN3O3/c21-10-2-1-3-19(25)22-16-6-4-15(5-7-16)17-8-9-18(20(26)23-17)24-11-13-27-14-12-24/h4-7,9,17H,1-3,8,10-14H2,(H,22,25)(H,23,26). The Morgan fingerprint density at radius 1 is 1.22 bits per heavy atom. The van der Waals surface area contributed by atoms with Crippen LogP contribution < -0.4 is 10.6 Å². The summed E-state index contributed by atoms with van der Waals surface area (Å²) in [5.74, 6) is 0.00470. The molecule has 2 heterocycles. The summed E-state index contributed by atoms with van der Waals surface area (Å²) in [6.45, 7) is 2.84. The lowest BCUT2D eigenvalue weighted by Gasteiger charge is -2.33. The molecule has 1 aromatic rings. The normalized spacial score (nSPS) is 20.0. The number of rotatable bonds is 7. The molecule has 146 valence electrons. The molecule has 0 radical (unpaired) electrons. The fraction of sp³-hybridized carbons (Fsp3) is 0.500. The summed E-state index contributed by atoms with van der Waals surface area (Å²) in [5.41, 5.74) is 2.58. The lowest BCUT2D eigenvalue weighted by atomic mass is 9.99. The molecule has 0 spiro atoms. The summed E-state index contributed by atoms with van der Waals surface area (Å²) in [6, 6.07) is 7.68. The third-order valence-electron chi connectivity index (χ3n) is 4.82. The van der Waals surface area contributed by atoms with Gasteiger partial charge in [-0.2, -0.15) is 0 Å². The number of ether oxygens (including phenoxy) is 1. The molecule has 0 bridgehead atoms. The summed E-state index contributed by atoms with van der Waals surface area (Å²) in [4.78, 5) is 26.5. The van der Waals surface area contributed by atoms with E-state index in [1.54, 1.807) is 0 Å². The van der Waals surface area contributed by atoms with Gasteiger partial charge in [0.1, 0.15) is 0 Å². The maximum atomic E-state index is 12.5. The summed E-state index contributed by atoms with van der Waals surface area (Å²) in [6.07, 6.45) is 5.18. The van der Waals surface area contributed by atoms with Crippen molar-refractivity contribution in [3.05, 3.63) is 41.6 Å². The van der Waals surface area contributed by atoms with Crippen molar-refractivity contribution in [1.82, 2.24) is 10.2 Å². The third-order valence-corrected chi connectivity index (χ3v) is 5.38. The van der Waals surface area contributed by atoms with Gasteiger partial charge in [-0.1, -0.05) is 34.1 Å². The zero-order valence-electron chi connectivity index (χ0n) is 15.4. The van der Waals surface area contributed by atoms with Crippen LogP contribution >= 0.6 is 15.9 Å². The monoisotopic (exact) mass is 435 g/mol. The van der Waals surface area contributed by atoms with Crippen LogP contribution in [-0.4, -0.2) is 48.3 Å². The van der Waals surface area contributed by atoms with Gasteiger partial charge in [0.05, 0.1) is 25.0 Å². The van der Waals surface area contributed by atoms with Gasteiger partial charge in [0, 0.05) is 30.5 Å². The second-order valence-corrected chi connectivity index (χ2v) is 7.56. The van der Waals surface area contributed by atoms with E-state index in [9.17, 15) is 9.59 Å². The van der Waals surface area contributed by atoms with Crippen LogP contribution in [0.15, 0.2) is 36.0 Å². The van der Waals surface area contributed by atoms with Crippen LogP contribution in [0.4, 0.5) is 5.69 Å². The van der Waals surface area contributed by atoms with E-state index in [0.29, 0.717) is 19.6 Å². The Hall–Kier alpha value is -1.86. The van der Waals surface area contributed by atoms with Gasteiger partial charge >= 0.3 is 0 Å². The van der Waals surface area contributed by atoms with E-state index in [0.717, 1.165) is 54.6 Å². The van der Waals surface area contributed by atoms with Crippen molar-refractivity contribution in [2.24, 2.45) is 0 Å². The molecule has 0 aliphatic carbocycles. The van der Waals surface area contributed by atoms with Gasteiger partial charge in [0.15, 0.2) is 0 Å². The van der Waals surface area contributed by atoms with Crippen molar-refractivity contribution in [3.63, 3.8) is 0 Å². The Kier molecular flexibility index (Phi) is 7.29. The van der Waals surface area contributed by atoms with Gasteiger partial charge in [-0.05, 0) is 37.0 Å². The molecule has 1 unspecified atom stereocenters. The number of carbonyl (C=O) groups excluding carboxylic acids is 2. The van der Waals surface area contributed by atoms with E-state index in [1.165, 1.54) is 0 Å². The minimum absolute atomic E-state index is 0.0303. The van der Waals surface area contributed by atoms with E-state index >= 15 is 0 Å². The Balaban J connectivity index is 1.55. The number of halogens is 1. The molecule has 2 aliphatic rings. The van der Waals surface area contributed by atoms with Crippen molar-refractivity contribution >= 4 is 33.4 Å². The first-order chi connectivity index (χ1) is 13.2. The fourth-order valence-corrected chi connectivity index (χ4v) is 3.71. The Bertz CT molecular complexity index is 684. The van der Waals surface area contributed by atoms with E-state index < -0.39 is 0 Å². The minimum atomic E-state index is -0.0361. The number of unbranched alkanes of at least 4 members (excludes halogenated alkanes) is 1. The van der Waals surface area contributed by atoms with Crippen molar-refractivity contribution < 1.29 is 14.3 Å². The topological polar surface area (TPSA) is 70.7 Å². The number of nitrogens with zero attached hydrogens (tertiary/aromatic N) is 1. The molecule has 0 aromatic heterocycles. The first kappa shape index (κ1) is 19.9. The lowest BCUT2D eigenvalue weighted by molar-refractivity contribution is -0.121. The average Bonchev–Trinajstić information content (AvgIpc) is 2.69. The number of hydrogen-bond donors (Lipinski definition) is 2. The highest BCUT2D eigenvalue weighted by Gasteiger charge is 2.26. The van der Waals surface area contributed by atoms with Gasteiger partial charge in [-0.3, -0.25) is 9.59 Å². The van der Waals surface area contributed by atoms with E-state index in [2.05, 4.69) is 31.5 Å². The third kappa shape index (κ3) is 5.56. The number of amides is 2. The van der Waals surface area contributed by atoms with Crippen LogP contribution in [0.3, 0.4) is 0 Å². The Morgan fingerprint density at radius 3 is 2.63 bits per heavy atom. The largest absolute Gasteiger partial charge is 0.378 e. The number of carbonyl (C=O) groups is 2. The first-order valence-electron chi connectivity index (χ1n) is 9.47. The van der Waals surface area contributed by atoms with Gasteiger partial charge in [0.25, 0.3) is 5.91 Å². The number of alkyl halides is 1. The van der Waals surface area contributed by atoms with E-state index in [4.69, 9.17) is 4.74 Å². The Morgan fingerprint density at radius 2 is 1.96 bits per heavy atom. The summed E-state index contributed by atoms with van der Waals surface area (Å²) >= 11 is 3.37. The number of nitrogens with one attached hydrogen (secondary N) is 2. The quantitative estimate of drug-likeness (QED) is 0.510. The molecule has 27 heavy (non-hydrogen) atoms. The Labute approximate surface area is 168 Å². The summed E-state index contributed by atoms with van der Waals surface area (Å²) in [7, 11) is 0. The van der Waals surface area contributed by atoms with Crippen LogP contribution in [0.2, 0.25) is 0 Å². The number of morpholine rings is 1. The molecule has 2 amide bonds. The molecule has 1 saturated heterocycles. The van der Waals surface area contributed by atoms with Crippen molar-refractivity contribution in [1.29, 1.82) is 0 Å². The van der Waals surface area contributed by atoms with Crippen molar-refractivity contribution in [3.8, 4) is 0 Å². The molecule has 1 atom stereocenters. The zero-order valence-corrected chi connectivity index (χ0v) is 17.0. The van der Waals surface area contributed by atoms with Crippen LogP contribution in [0.25, 0.3) is 0 Å². The van der Waals surface area contributed by atoms with Gasteiger partial charge in [-0.25, -0.2) is 0 Å². The number of hydrogen-bond acceptors (Lipinski definition) is 4. The molecule has 2 N–H and O–H groups in total. The highest BCUT2D eigenvalue weighted by Crippen LogP contribution is 2.25. The molecule has 6 nitrogen and oxygen atoms in total. The first-order valence-corrected chi connectivity index (χ1v) is 10.6. The summed E-state index contributed by atoms with van der Waals surface area (Å²) in [5, 5.41) is 6.93. The van der Waals surface area contributed by atoms with E-state index in [-0.39, 0.29) is 17.9 Å².